The zero-order valence-electron chi connectivity index (χ0n) is 11.3. The fourth-order valence-electron chi connectivity index (χ4n) is 2.34. The first kappa shape index (κ1) is 14.2. The maximum Gasteiger partial charge on any atom is 0.335 e. The van der Waals surface area contributed by atoms with Gasteiger partial charge in [0.25, 0.3) is 0 Å². The van der Waals surface area contributed by atoms with Crippen LogP contribution in [0.15, 0.2) is 18.2 Å². The molecule has 0 spiro atoms. The molecule has 0 saturated heterocycles. The predicted octanol–water partition coefficient (Wildman–Crippen LogP) is 2.54. The molecule has 2 amide bonds. The second-order valence-electron chi connectivity index (χ2n) is 5.10. The van der Waals surface area contributed by atoms with E-state index < -0.39 is 5.97 Å². The van der Waals surface area contributed by atoms with Crippen molar-refractivity contribution in [2.75, 3.05) is 5.32 Å². The number of phenols is 1. The Balaban J connectivity index is 2.02. The monoisotopic (exact) mass is 278 g/mol. The molecule has 0 aliphatic heterocycles. The van der Waals surface area contributed by atoms with Crippen LogP contribution in [0.2, 0.25) is 0 Å². The molecular weight excluding hydrogens is 260 g/mol. The van der Waals surface area contributed by atoms with Crippen molar-refractivity contribution in [3.8, 4) is 5.75 Å². The number of anilines is 1. The Bertz CT molecular complexity index is 532. The van der Waals surface area contributed by atoms with Crippen molar-refractivity contribution in [1.82, 2.24) is 5.32 Å². The highest BCUT2D eigenvalue weighted by atomic mass is 16.4. The summed E-state index contributed by atoms with van der Waals surface area (Å²) in [7, 11) is 0. The van der Waals surface area contributed by atoms with E-state index in [4.69, 9.17) is 5.11 Å². The average molecular weight is 278 g/mol. The first-order valence-corrected chi connectivity index (χ1v) is 6.61. The van der Waals surface area contributed by atoms with Gasteiger partial charge in [-0.15, -0.1) is 0 Å². The molecule has 0 bridgehead atoms. The van der Waals surface area contributed by atoms with Gasteiger partial charge in [0, 0.05) is 5.54 Å². The average Bonchev–Trinajstić information content (AvgIpc) is 2.36. The Morgan fingerprint density at radius 3 is 2.50 bits per heavy atom. The van der Waals surface area contributed by atoms with Crippen molar-refractivity contribution < 1.29 is 19.8 Å². The maximum absolute atomic E-state index is 11.9. The van der Waals surface area contributed by atoms with Gasteiger partial charge >= 0.3 is 12.0 Å². The number of urea groups is 1. The highest BCUT2D eigenvalue weighted by Gasteiger charge is 2.36. The zero-order chi connectivity index (χ0) is 14.8. The third kappa shape index (κ3) is 2.84. The molecule has 0 heterocycles. The van der Waals surface area contributed by atoms with Crippen LogP contribution in [-0.2, 0) is 0 Å². The molecule has 1 aromatic rings. The Labute approximate surface area is 116 Å². The summed E-state index contributed by atoms with van der Waals surface area (Å²) in [6.07, 6.45) is 3.89. The second-order valence-corrected chi connectivity index (χ2v) is 5.10. The van der Waals surface area contributed by atoms with Gasteiger partial charge in [-0.25, -0.2) is 9.59 Å². The lowest BCUT2D eigenvalue weighted by molar-refractivity contribution is 0.0696. The van der Waals surface area contributed by atoms with Gasteiger partial charge in [0.1, 0.15) is 5.75 Å². The molecule has 1 saturated carbocycles. The smallest absolute Gasteiger partial charge is 0.335 e. The van der Waals surface area contributed by atoms with Gasteiger partial charge in [-0.3, -0.25) is 0 Å². The molecule has 1 aliphatic carbocycles. The summed E-state index contributed by atoms with van der Waals surface area (Å²) in [6, 6.07) is 3.43. The summed E-state index contributed by atoms with van der Waals surface area (Å²) in [5.74, 6) is -1.39. The Morgan fingerprint density at radius 1 is 1.35 bits per heavy atom. The van der Waals surface area contributed by atoms with Gasteiger partial charge in [-0.1, -0.05) is 6.92 Å². The van der Waals surface area contributed by atoms with Gasteiger partial charge in [0.15, 0.2) is 0 Å². The Kier molecular flexibility index (Phi) is 3.83. The van der Waals surface area contributed by atoms with Gasteiger partial charge < -0.3 is 20.8 Å². The lowest BCUT2D eigenvalue weighted by atomic mass is 9.75. The van der Waals surface area contributed by atoms with Gasteiger partial charge in [-0.2, -0.15) is 0 Å². The predicted molar refractivity (Wildman–Crippen MR) is 74.1 cm³/mol. The summed E-state index contributed by atoms with van der Waals surface area (Å²) in [5.41, 5.74) is 0.0244. The number of aromatic hydroxyl groups is 1. The molecule has 108 valence electrons. The molecule has 20 heavy (non-hydrogen) atoms. The number of rotatable bonds is 4. The molecule has 0 unspecified atom stereocenters. The third-order valence-electron chi connectivity index (χ3n) is 3.86. The van der Waals surface area contributed by atoms with E-state index in [0.29, 0.717) is 0 Å². The van der Waals surface area contributed by atoms with Crippen molar-refractivity contribution in [1.29, 1.82) is 0 Å². The van der Waals surface area contributed by atoms with Crippen molar-refractivity contribution >= 4 is 17.7 Å². The molecule has 1 fully saturated rings. The standard InChI is InChI=1S/C14H18N2O4/c1-2-14(6-3-7-14)16-13(20)15-10-5-4-9(12(18)19)8-11(10)17/h4-5,8,17H,2-3,6-7H2,1H3,(H,18,19)(H2,15,16,20). The van der Waals surface area contributed by atoms with Crippen LogP contribution in [0.1, 0.15) is 43.0 Å². The number of hydrogen-bond acceptors (Lipinski definition) is 3. The first-order chi connectivity index (χ1) is 9.46. The van der Waals surface area contributed by atoms with Crippen LogP contribution in [0.3, 0.4) is 0 Å². The molecule has 6 heteroatoms. The van der Waals surface area contributed by atoms with Crippen LogP contribution in [-0.4, -0.2) is 27.8 Å². The number of carboxylic acids is 1. The topological polar surface area (TPSA) is 98.7 Å². The minimum atomic E-state index is -1.13. The van der Waals surface area contributed by atoms with Crippen molar-refractivity contribution in [3.05, 3.63) is 23.8 Å². The minimum Gasteiger partial charge on any atom is -0.506 e. The number of aromatic carboxylic acids is 1. The van der Waals surface area contributed by atoms with Crippen LogP contribution < -0.4 is 10.6 Å². The Morgan fingerprint density at radius 2 is 2.05 bits per heavy atom. The largest absolute Gasteiger partial charge is 0.506 e. The van der Waals surface area contributed by atoms with E-state index in [0.717, 1.165) is 31.7 Å². The number of nitrogens with one attached hydrogen (secondary N) is 2. The van der Waals surface area contributed by atoms with Gasteiger partial charge in [0.2, 0.25) is 0 Å². The highest BCUT2D eigenvalue weighted by molar-refractivity contribution is 5.94. The molecule has 2 rings (SSSR count). The number of amides is 2. The Hall–Kier alpha value is -2.24. The minimum absolute atomic E-state index is 0.0301. The normalized spacial score (nSPS) is 16.1. The van der Waals surface area contributed by atoms with Crippen LogP contribution in [0.25, 0.3) is 0 Å². The fourth-order valence-corrected chi connectivity index (χ4v) is 2.34. The number of carbonyl (C=O) groups is 2. The highest BCUT2D eigenvalue weighted by Crippen LogP contribution is 2.34. The van der Waals surface area contributed by atoms with Crippen molar-refractivity contribution in [2.24, 2.45) is 0 Å². The second kappa shape index (κ2) is 5.40. The third-order valence-corrected chi connectivity index (χ3v) is 3.86. The van der Waals surface area contributed by atoms with Crippen LogP contribution in [0.5, 0.6) is 5.75 Å². The van der Waals surface area contributed by atoms with Gasteiger partial charge in [0.05, 0.1) is 11.3 Å². The number of hydrogen-bond donors (Lipinski definition) is 4. The van der Waals surface area contributed by atoms with E-state index in [2.05, 4.69) is 10.6 Å². The summed E-state index contributed by atoms with van der Waals surface area (Å²) < 4.78 is 0. The number of benzene rings is 1. The van der Waals surface area contributed by atoms with E-state index in [1.165, 1.54) is 12.1 Å². The number of phenolic OH excluding ortho intramolecular Hbond substituents is 1. The molecule has 4 N–H and O–H groups in total. The number of carboxylic acid groups (broad SMARTS) is 1. The molecule has 0 aromatic heterocycles. The lowest BCUT2D eigenvalue weighted by Crippen LogP contribution is -2.54. The summed E-state index contributed by atoms with van der Waals surface area (Å²) in [5, 5.41) is 24.0. The maximum atomic E-state index is 11.9. The molecular formula is C14H18N2O4. The van der Waals surface area contributed by atoms with E-state index in [1.54, 1.807) is 0 Å². The number of carbonyl (C=O) groups excluding carboxylic acids is 1. The zero-order valence-corrected chi connectivity index (χ0v) is 11.3. The van der Waals surface area contributed by atoms with Crippen LogP contribution in [0.4, 0.5) is 10.5 Å². The molecule has 0 atom stereocenters. The molecule has 0 radical (unpaired) electrons. The SMILES string of the molecule is CCC1(NC(=O)Nc2ccc(C(=O)O)cc2O)CCC1. The van der Waals surface area contributed by atoms with Crippen molar-refractivity contribution in [3.63, 3.8) is 0 Å². The van der Waals surface area contributed by atoms with Crippen molar-refractivity contribution in [2.45, 2.75) is 38.1 Å². The summed E-state index contributed by atoms with van der Waals surface area (Å²) >= 11 is 0. The van der Waals surface area contributed by atoms with E-state index >= 15 is 0 Å². The van der Waals surface area contributed by atoms with Crippen LogP contribution >= 0.6 is 0 Å². The van der Waals surface area contributed by atoms with Gasteiger partial charge in [-0.05, 0) is 43.9 Å². The summed E-state index contributed by atoms with van der Waals surface area (Å²) in [4.78, 5) is 22.6. The lowest BCUT2D eigenvalue weighted by Gasteiger charge is -2.41. The summed E-state index contributed by atoms with van der Waals surface area (Å²) in [6.45, 7) is 2.03. The molecule has 1 aromatic carbocycles. The van der Waals surface area contributed by atoms with E-state index in [-0.39, 0.29) is 28.6 Å². The quantitative estimate of drug-likeness (QED) is 0.636. The molecule has 1 aliphatic rings. The first-order valence-electron chi connectivity index (χ1n) is 6.61. The van der Waals surface area contributed by atoms with E-state index in [9.17, 15) is 14.7 Å². The van der Waals surface area contributed by atoms with Crippen LogP contribution in [0, 0.1) is 0 Å². The molecule has 6 nitrogen and oxygen atoms in total. The van der Waals surface area contributed by atoms with E-state index in [1.807, 2.05) is 6.92 Å². The fraction of sp³-hybridized carbons (Fsp3) is 0.429.